The van der Waals surface area contributed by atoms with Crippen LogP contribution in [0.2, 0.25) is 0 Å². The van der Waals surface area contributed by atoms with Crippen LogP contribution in [0, 0.1) is 0 Å². The van der Waals surface area contributed by atoms with Crippen molar-refractivity contribution in [2.24, 2.45) is 0 Å². The third kappa shape index (κ3) is 2.89. The Morgan fingerprint density at radius 1 is 1.05 bits per heavy atom. The van der Waals surface area contributed by atoms with Gasteiger partial charge in [0.05, 0.1) is 0 Å². The molecule has 1 aliphatic carbocycles. The van der Waals surface area contributed by atoms with Crippen molar-refractivity contribution in [2.45, 2.75) is 45.6 Å². The quantitative estimate of drug-likeness (QED) is 0.823. The molecule has 3 rings (SSSR count). The van der Waals surface area contributed by atoms with E-state index in [4.69, 9.17) is 0 Å². The Kier molecular flexibility index (Phi) is 4.12. The fraction of sp³-hybridized carbons (Fsp3) is 0.400. The van der Waals surface area contributed by atoms with Crippen LogP contribution < -0.4 is 5.32 Å². The van der Waals surface area contributed by atoms with Gasteiger partial charge in [-0.25, -0.2) is 0 Å². The third-order valence-corrected chi connectivity index (χ3v) is 4.58. The number of hydrogen-bond acceptors (Lipinski definition) is 1. The topological polar surface area (TPSA) is 12.0 Å². The first-order valence-electron chi connectivity index (χ1n) is 8.15. The molecular formula is C20H25N. The van der Waals surface area contributed by atoms with E-state index in [0.29, 0.717) is 12.0 Å². The van der Waals surface area contributed by atoms with E-state index < -0.39 is 0 Å². The van der Waals surface area contributed by atoms with Crippen LogP contribution in [-0.4, -0.2) is 6.54 Å². The number of fused-ring (bicyclic) bond motifs is 1. The summed E-state index contributed by atoms with van der Waals surface area (Å²) in [7, 11) is 0. The standard InChI is InChI=1S/C20H25N/c1-4-21-20-12-10-18-13-17(9-11-19(18)20)16-7-5-15(6-8-16)14(2)3/h5-9,11,13-14,20-21H,4,10,12H2,1-3H3. The lowest BCUT2D eigenvalue weighted by Crippen LogP contribution is -2.18. The van der Waals surface area contributed by atoms with Gasteiger partial charge in [-0.1, -0.05) is 63.2 Å². The van der Waals surface area contributed by atoms with E-state index in [-0.39, 0.29) is 0 Å². The molecule has 0 amide bonds. The molecule has 0 bridgehead atoms. The summed E-state index contributed by atoms with van der Waals surface area (Å²) < 4.78 is 0. The van der Waals surface area contributed by atoms with E-state index in [1.807, 2.05) is 0 Å². The summed E-state index contributed by atoms with van der Waals surface area (Å²) in [4.78, 5) is 0. The number of hydrogen-bond donors (Lipinski definition) is 1. The lowest BCUT2D eigenvalue weighted by atomic mass is 9.96. The van der Waals surface area contributed by atoms with Crippen molar-refractivity contribution >= 4 is 0 Å². The molecule has 1 nitrogen and oxygen atoms in total. The number of nitrogens with one attached hydrogen (secondary N) is 1. The van der Waals surface area contributed by atoms with Crippen molar-refractivity contribution in [2.75, 3.05) is 6.54 Å². The average Bonchev–Trinajstić information content (AvgIpc) is 2.90. The van der Waals surface area contributed by atoms with Crippen LogP contribution in [0.3, 0.4) is 0 Å². The average molecular weight is 279 g/mol. The van der Waals surface area contributed by atoms with Crippen molar-refractivity contribution < 1.29 is 0 Å². The summed E-state index contributed by atoms with van der Waals surface area (Å²) in [5, 5.41) is 3.58. The van der Waals surface area contributed by atoms with Crippen LogP contribution in [0.4, 0.5) is 0 Å². The van der Waals surface area contributed by atoms with Crippen molar-refractivity contribution in [3.8, 4) is 11.1 Å². The molecule has 0 saturated heterocycles. The van der Waals surface area contributed by atoms with E-state index in [0.717, 1.165) is 6.54 Å². The van der Waals surface area contributed by atoms with Crippen molar-refractivity contribution in [1.82, 2.24) is 5.32 Å². The van der Waals surface area contributed by atoms with Crippen molar-refractivity contribution in [1.29, 1.82) is 0 Å². The zero-order chi connectivity index (χ0) is 14.8. The second-order valence-electron chi connectivity index (χ2n) is 6.34. The molecule has 21 heavy (non-hydrogen) atoms. The van der Waals surface area contributed by atoms with Crippen LogP contribution >= 0.6 is 0 Å². The van der Waals surface area contributed by atoms with Gasteiger partial charge in [0.1, 0.15) is 0 Å². The fourth-order valence-corrected chi connectivity index (χ4v) is 3.32. The lowest BCUT2D eigenvalue weighted by molar-refractivity contribution is 0.549. The maximum Gasteiger partial charge on any atom is 0.0326 e. The Morgan fingerprint density at radius 3 is 2.43 bits per heavy atom. The highest BCUT2D eigenvalue weighted by molar-refractivity contribution is 5.66. The van der Waals surface area contributed by atoms with Gasteiger partial charge in [0, 0.05) is 6.04 Å². The number of aryl methyl sites for hydroxylation is 1. The molecule has 1 N–H and O–H groups in total. The number of rotatable bonds is 4. The Bertz CT molecular complexity index is 610. The van der Waals surface area contributed by atoms with Crippen LogP contribution in [0.1, 0.15) is 55.8 Å². The molecule has 0 aliphatic heterocycles. The molecule has 1 aliphatic rings. The van der Waals surface area contributed by atoms with Crippen molar-refractivity contribution in [3.05, 3.63) is 59.2 Å². The second kappa shape index (κ2) is 6.03. The van der Waals surface area contributed by atoms with E-state index in [1.54, 1.807) is 0 Å². The van der Waals surface area contributed by atoms with Gasteiger partial charge in [-0.05, 0) is 53.1 Å². The zero-order valence-electron chi connectivity index (χ0n) is 13.3. The number of benzene rings is 2. The molecule has 0 spiro atoms. The molecule has 1 heteroatoms. The summed E-state index contributed by atoms with van der Waals surface area (Å²) in [6, 6.07) is 16.6. The molecule has 0 heterocycles. The summed E-state index contributed by atoms with van der Waals surface area (Å²) in [5.74, 6) is 0.597. The van der Waals surface area contributed by atoms with Gasteiger partial charge in [0.2, 0.25) is 0 Å². The first-order chi connectivity index (χ1) is 10.2. The van der Waals surface area contributed by atoms with Gasteiger partial charge in [-0.15, -0.1) is 0 Å². The minimum Gasteiger partial charge on any atom is -0.310 e. The summed E-state index contributed by atoms with van der Waals surface area (Å²) in [6.45, 7) is 7.71. The summed E-state index contributed by atoms with van der Waals surface area (Å²) in [6.07, 6.45) is 2.43. The van der Waals surface area contributed by atoms with Crippen molar-refractivity contribution in [3.63, 3.8) is 0 Å². The molecule has 0 aromatic heterocycles. The Labute approximate surface area is 128 Å². The molecule has 2 aromatic carbocycles. The highest BCUT2D eigenvalue weighted by atomic mass is 14.9. The minimum atomic E-state index is 0.558. The van der Waals surface area contributed by atoms with Gasteiger partial charge >= 0.3 is 0 Å². The molecular weight excluding hydrogens is 254 g/mol. The van der Waals surface area contributed by atoms with Crippen LogP contribution in [-0.2, 0) is 6.42 Å². The fourth-order valence-electron chi connectivity index (χ4n) is 3.32. The lowest BCUT2D eigenvalue weighted by Gasteiger charge is -2.13. The van der Waals surface area contributed by atoms with Crippen LogP contribution in [0.5, 0.6) is 0 Å². The Balaban J connectivity index is 1.87. The maximum absolute atomic E-state index is 3.58. The molecule has 0 radical (unpaired) electrons. The highest BCUT2D eigenvalue weighted by Crippen LogP contribution is 2.34. The molecule has 2 aromatic rings. The smallest absolute Gasteiger partial charge is 0.0326 e. The summed E-state index contributed by atoms with van der Waals surface area (Å²) in [5.41, 5.74) is 7.10. The van der Waals surface area contributed by atoms with E-state index in [9.17, 15) is 0 Å². The summed E-state index contributed by atoms with van der Waals surface area (Å²) >= 11 is 0. The third-order valence-electron chi connectivity index (χ3n) is 4.58. The van der Waals surface area contributed by atoms with Gasteiger partial charge < -0.3 is 5.32 Å². The molecule has 0 fully saturated rings. The minimum absolute atomic E-state index is 0.558. The van der Waals surface area contributed by atoms with Gasteiger partial charge in [-0.2, -0.15) is 0 Å². The predicted molar refractivity (Wildman–Crippen MR) is 90.7 cm³/mol. The SMILES string of the molecule is CCNC1CCc2cc(-c3ccc(C(C)C)cc3)ccc21. The van der Waals surface area contributed by atoms with Crippen LogP contribution in [0.15, 0.2) is 42.5 Å². The van der Waals surface area contributed by atoms with Crippen LogP contribution in [0.25, 0.3) is 11.1 Å². The normalized spacial score (nSPS) is 17.2. The monoisotopic (exact) mass is 279 g/mol. The van der Waals surface area contributed by atoms with Gasteiger partial charge in [-0.3, -0.25) is 0 Å². The van der Waals surface area contributed by atoms with Gasteiger partial charge in [0.15, 0.2) is 0 Å². The molecule has 1 atom stereocenters. The molecule has 1 unspecified atom stereocenters. The molecule has 110 valence electrons. The van der Waals surface area contributed by atoms with E-state index >= 15 is 0 Å². The molecule has 0 saturated carbocycles. The van der Waals surface area contributed by atoms with E-state index in [2.05, 4.69) is 68.6 Å². The Morgan fingerprint density at radius 2 is 1.76 bits per heavy atom. The second-order valence-corrected chi connectivity index (χ2v) is 6.34. The zero-order valence-corrected chi connectivity index (χ0v) is 13.3. The maximum atomic E-state index is 3.58. The Hall–Kier alpha value is -1.60. The first kappa shape index (κ1) is 14.3. The highest BCUT2D eigenvalue weighted by Gasteiger charge is 2.21. The largest absolute Gasteiger partial charge is 0.310 e. The first-order valence-corrected chi connectivity index (χ1v) is 8.15. The predicted octanol–water partition coefficient (Wildman–Crippen LogP) is 5.07. The van der Waals surface area contributed by atoms with E-state index in [1.165, 1.54) is 40.7 Å². The van der Waals surface area contributed by atoms with Gasteiger partial charge in [0.25, 0.3) is 0 Å².